The summed E-state index contributed by atoms with van der Waals surface area (Å²) < 4.78 is 0. The van der Waals surface area contributed by atoms with Gasteiger partial charge in [0.15, 0.2) is 0 Å². The topological polar surface area (TPSA) is 77.9 Å². The van der Waals surface area contributed by atoms with E-state index in [2.05, 4.69) is 64.1 Å². The van der Waals surface area contributed by atoms with Gasteiger partial charge in [-0.1, -0.05) is 80.9 Å². The molecule has 3 aromatic carbocycles. The molecule has 0 aromatic heterocycles. The van der Waals surface area contributed by atoms with Crippen LogP contribution in [0.3, 0.4) is 0 Å². The number of aryl methyl sites for hydroxylation is 1. The third kappa shape index (κ3) is 5.55. The molecule has 0 radical (unpaired) electrons. The van der Waals surface area contributed by atoms with Gasteiger partial charge in [0.1, 0.15) is 6.04 Å². The first-order valence-electron chi connectivity index (χ1n) is 13.6. The van der Waals surface area contributed by atoms with Crippen molar-refractivity contribution in [2.24, 2.45) is 5.41 Å². The van der Waals surface area contributed by atoms with Crippen molar-refractivity contribution in [2.75, 3.05) is 18.0 Å². The van der Waals surface area contributed by atoms with E-state index in [0.29, 0.717) is 25.9 Å². The second kappa shape index (κ2) is 10.7. The average molecular weight is 545 g/mol. The first-order valence-corrected chi connectivity index (χ1v) is 14.5. The molecule has 2 heterocycles. The second-order valence-corrected chi connectivity index (χ2v) is 13.2. The average Bonchev–Trinajstić information content (AvgIpc) is 3.36. The van der Waals surface area contributed by atoms with Gasteiger partial charge in [-0.2, -0.15) is 0 Å². The Morgan fingerprint density at radius 2 is 1.77 bits per heavy atom. The monoisotopic (exact) mass is 544 g/mol. The van der Waals surface area contributed by atoms with Gasteiger partial charge in [0.25, 0.3) is 0 Å². The lowest BCUT2D eigenvalue weighted by Gasteiger charge is -2.32. The maximum Gasteiger partial charge on any atom is 0.326 e. The molecule has 0 aliphatic carbocycles. The number of anilines is 1. The standard InChI is InChI=1S/C32H36N2O4S/c1-20-14-15-25-24(17-20)29(23-12-7-10-21-9-5-6-11-22(21)23)39-27(30(36)34(25)19-32(2,3)4)18-28(35)33-16-8-13-26(33)31(37)38/h5-7,9-12,14-15,17,26-27,29H,8,13,16,18-19H2,1-4H3,(H,37,38)/t26-,27-,29-/m0/s1. The molecule has 0 unspecified atom stereocenters. The largest absolute Gasteiger partial charge is 0.480 e. The lowest BCUT2D eigenvalue weighted by Crippen LogP contribution is -2.45. The zero-order chi connectivity index (χ0) is 27.9. The Hall–Kier alpha value is -3.32. The summed E-state index contributed by atoms with van der Waals surface area (Å²) in [5.74, 6) is -1.34. The number of rotatable bonds is 5. The maximum absolute atomic E-state index is 14.3. The van der Waals surface area contributed by atoms with Crippen LogP contribution in [0.25, 0.3) is 10.8 Å². The SMILES string of the molecule is Cc1ccc2c(c1)[C@H](c1cccc3ccccc13)S[C@@H](CC(=O)N1CCC[C@H]1C(=O)O)C(=O)N2CC(C)(C)C. The molecule has 7 heteroatoms. The number of hydrogen-bond acceptors (Lipinski definition) is 4. The van der Waals surface area contributed by atoms with Gasteiger partial charge in [0.05, 0.1) is 10.5 Å². The summed E-state index contributed by atoms with van der Waals surface area (Å²) in [6, 6.07) is 20.0. The van der Waals surface area contributed by atoms with Crippen molar-refractivity contribution in [1.82, 2.24) is 4.90 Å². The quantitative estimate of drug-likeness (QED) is 0.414. The summed E-state index contributed by atoms with van der Waals surface area (Å²) in [4.78, 5) is 43.0. The molecule has 0 spiro atoms. The van der Waals surface area contributed by atoms with E-state index in [1.54, 1.807) is 0 Å². The van der Waals surface area contributed by atoms with Crippen molar-refractivity contribution in [3.8, 4) is 0 Å². The first kappa shape index (κ1) is 27.3. The fraction of sp³-hybridized carbons (Fsp3) is 0.406. The third-order valence-electron chi connectivity index (χ3n) is 7.55. The number of carboxylic acids is 1. The molecule has 6 nitrogen and oxygen atoms in total. The Kier molecular flexibility index (Phi) is 7.47. The molecule has 0 bridgehead atoms. The number of nitrogens with zero attached hydrogens (tertiary/aromatic N) is 2. The lowest BCUT2D eigenvalue weighted by molar-refractivity contribution is -0.148. The molecule has 1 N–H and O–H groups in total. The zero-order valence-corrected chi connectivity index (χ0v) is 23.8. The predicted octanol–water partition coefficient (Wildman–Crippen LogP) is 6.20. The summed E-state index contributed by atoms with van der Waals surface area (Å²) in [7, 11) is 0. The first-order chi connectivity index (χ1) is 18.5. The molecule has 3 atom stereocenters. The van der Waals surface area contributed by atoms with Gasteiger partial charge in [0, 0.05) is 25.2 Å². The van der Waals surface area contributed by atoms with E-state index in [1.165, 1.54) is 16.7 Å². The highest BCUT2D eigenvalue weighted by atomic mass is 32.2. The number of benzene rings is 3. The molecule has 5 rings (SSSR count). The van der Waals surface area contributed by atoms with Crippen LogP contribution in [0, 0.1) is 12.3 Å². The Labute approximate surface area is 234 Å². The van der Waals surface area contributed by atoms with Gasteiger partial charge in [0.2, 0.25) is 11.8 Å². The molecule has 1 saturated heterocycles. The van der Waals surface area contributed by atoms with Gasteiger partial charge in [-0.05, 0) is 53.1 Å². The summed E-state index contributed by atoms with van der Waals surface area (Å²) in [5.41, 5.74) is 4.00. The van der Waals surface area contributed by atoms with Crippen LogP contribution in [0.15, 0.2) is 60.7 Å². The molecule has 0 saturated carbocycles. The molecular formula is C32H36N2O4S. The minimum absolute atomic E-state index is 0.0256. The van der Waals surface area contributed by atoms with Crippen molar-refractivity contribution in [3.05, 3.63) is 77.4 Å². The molecule has 2 aliphatic heterocycles. The van der Waals surface area contributed by atoms with Gasteiger partial charge in [-0.3, -0.25) is 9.59 Å². The highest BCUT2D eigenvalue weighted by Gasteiger charge is 2.41. The summed E-state index contributed by atoms with van der Waals surface area (Å²) in [5, 5.41) is 11.1. The van der Waals surface area contributed by atoms with Gasteiger partial charge >= 0.3 is 5.97 Å². The van der Waals surface area contributed by atoms with E-state index in [4.69, 9.17) is 0 Å². The van der Waals surface area contributed by atoms with Crippen molar-refractivity contribution in [2.45, 2.75) is 63.5 Å². The smallest absolute Gasteiger partial charge is 0.326 e. The van der Waals surface area contributed by atoms with Crippen LogP contribution in [-0.2, 0) is 14.4 Å². The number of likely N-dealkylation sites (tertiary alicyclic amines) is 1. The number of hydrogen-bond donors (Lipinski definition) is 1. The number of aliphatic carboxylic acids is 1. The fourth-order valence-corrected chi connectivity index (χ4v) is 7.31. The van der Waals surface area contributed by atoms with E-state index in [9.17, 15) is 19.5 Å². The second-order valence-electron chi connectivity index (χ2n) is 11.9. The number of thioether (sulfide) groups is 1. The Balaban J connectivity index is 1.63. The normalized spacial score (nSPS) is 21.6. The van der Waals surface area contributed by atoms with Crippen LogP contribution >= 0.6 is 11.8 Å². The van der Waals surface area contributed by atoms with Crippen LogP contribution < -0.4 is 4.90 Å². The van der Waals surface area contributed by atoms with Crippen LogP contribution in [0.1, 0.15) is 62.0 Å². The Morgan fingerprint density at radius 3 is 2.51 bits per heavy atom. The third-order valence-corrected chi connectivity index (χ3v) is 9.03. The number of carbonyl (C=O) groups is 3. The van der Waals surface area contributed by atoms with Gasteiger partial charge < -0.3 is 14.9 Å². The van der Waals surface area contributed by atoms with Crippen LogP contribution in [-0.4, -0.2) is 52.2 Å². The molecule has 2 aliphatic rings. The fourth-order valence-electron chi connectivity index (χ4n) is 5.81. The maximum atomic E-state index is 14.3. The molecule has 39 heavy (non-hydrogen) atoms. The predicted molar refractivity (Wildman–Crippen MR) is 157 cm³/mol. The Bertz CT molecular complexity index is 1420. The summed E-state index contributed by atoms with van der Waals surface area (Å²) >= 11 is 1.52. The Morgan fingerprint density at radius 1 is 1.03 bits per heavy atom. The van der Waals surface area contributed by atoms with Crippen LogP contribution in [0.5, 0.6) is 0 Å². The van der Waals surface area contributed by atoms with Crippen LogP contribution in [0.4, 0.5) is 5.69 Å². The van der Waals surface area contributed by atoms with Gasteiger partial charge in [-0.25, -0.2) is 4.79 Å². The summed E-state index contributed by atoms with van der Waals surface area (Å²) in [6.45, 7) is 9.31. The number of amides is 2. The van der Waals surface area contributed by atoms with Crippen molar-refractivity contribution >= 4 is 46.0 Å². The highest BCUT2D eigenvalue weighted by molar-refractivity contribution is 8.01. The molecular weight excluding hydrogens is 508 g/mol. The van der Waals surface area contributed by atoms with E-state index < -0.39 is 17.3 Å². The lowest BCUT2D eigenvalue weighted by atomic mass is 9.93. The molecule has 204 valence electrons. The number of fused-ring (bicyclic) bond motifs is 2. The summed E-state index contributed by atoms with van der Waals surface area (Å²) in [6.07, 6.45) is 1.09. The van der Waals surface area contributed by atoms with E-state index in [1.807, 2.05) is 29.2 Å². The van der Waals surface area contributed by atoms with Crippen molar-refractivity contribution in [1.29, 1.82) is 0 Å². The molecule has 3 aromatic rings. The number of carbonyl (C=O) groups excluding carboxylic acids is 2. The van der Waals surface area contributed by atoms with Gasteiger partial charge in [-0.15, -0.1) is 11.8 Å². The van der Waals surface area contributed by atoms with Crippen molar-refractivity contribution in [3.63, 3.8) is 0 Å². The van der Waals surface area contributed by atoms with E-state index in [-0.39, 0.29) is 28.9 Å². The van der Waals surface area contributed by atoms with Crippen molar-refractivity contribution < 1.29 is 19.5 Å². The minimum Gasteiger partial charge on any atom is -0.480 e. The van der Waals surface area contributed by atoms with E-state index in [0.717, 1.165) is 33.2 Å². The van der Waals surface area contributed by atoms with Crippen LogP contribution in [0.2, 0.25) is 0 Å². The molecule has 1 fully saturated rings. The molecule has 2 amide bonds. The van der Waals surface area contributed by atoms with E-state index >= 15 is 0 Å². The minimum atomic E-state index is -0.980. The number of carboxylic acid groups (broad SMARTS) is 1. The zero-order valence-electron chi connectivity index (χ0n) is 23.0. The highest BCUT2D eigenvalue weighted by Crippen LogP contribution is 2.49.